The number of nitrogens with zero attached hydrogens (tertiary/aromatic N) is 2. The fraction of sp³-hybridized carbons (Fsp3) is 0.375. The lowest BCUT2D eigenvalue weighted by atomic mass is 10.2. The molecule has 0 spiro atoms. The topological polar surface area (TPSA) is 79.4 Å². The molecule has 6 nitrogen and oxygen atoms in total. The van der Waals surface area contributed by atoms with Crippen LogP contribution in [0.3, 0.4) is 0 Å². The van der Waals surface area contributed by atoms with Crippen molar-refractivity contribution in [2.75, 3.05) is 18.4 Å². The molecule has 1 aliphatic heterocycles. The first-order valence-electron chi connectivity index (χ1n) is 7.80. The van der Waals surface area contributed by atoms with E-state index in [4.69, 9.17) is 0 Å². The van der Waals surface area contributed by atoms with Crippen molar-refractivity contribution in [3.8, 4) is 0 Å². The third-order valence-corrected chi connectivity index (χ3v) is 6.70. The molecule has 8 heteroatoms. The molecule has 1 aromatic carbocycles. The number of hydrogen-bond donors (Lipinski definition) is 1. The normalized spacial score (nSPS) is 16.0. The smallest absolute Gasteiger partial charge is 0.257 e. The zero-order valence-electron chi connectivity index (χ0n) is 13.4. The summed E-state index contributed by atoms with van der Waals surface area (Å²) in [6, 6.07) is 6.05. The first-order valence-corrected chi connectivity index (χ1v) is 10.1. The van der Waals surface area contributed by atoms with E-state index in [1.54, 1.807) is 0 Å². The summed E-state index contributed by atoms with van der Waals surface area (Å²) in [5.74, 6) is -0.300. The molecule has 128 valence electrons. The Bertz CT molecular complexity index is 823. The largest absolute Gasteiger partial charge is 0.298 e. The van der Waals surface area contributed by atoms with Crippen LogP contribution in [0.1, 0.15) is 35.3 Å². The highest BCUT2D eigenvalue weighted by Crippen LogP contribution is 2.21. The molecule has 3 rings (SSSR count). The number of anilines is 1. The van der Waals surface area contributed by atoms with E-state index in [0.29, 0.717) is 23.8 Å². The number of carbonyl (C=O) groups is 1. The fourth-order valence-electron chi connectivity index (χ4n) is 2.61. The van der Waals surface area contributed by atoms with Gasteiger partial charge in [-0.25, -0.2) is 13.4 Å². The first-order chi connectivity index (χ1) is 11.5. The van der Waals surface area contributed by atoms with Crippen LogP contribution in [0, 0.1) is 6.92 Å². The molecule has 0 aliphatic carbocycles. The molecular formula is C16H19N3O3S2. The second kappa shape index (κ2) is 7.00. The third-order valence-electron chi connectivity index (χ3n) is 3.91. The van der Waals surface area contributed by atoms with Crippen LogP contribution >= 0.6 is 11.3 Å². The van der Waals surface area contributed by atoms with E-state index < -0.39 is 10.0 Å². The number of carbonyl (C=O) groups excluding carboxylic acids is 1. The van der Waals surface area contributed by atoms with E-state index in [1.807, 2.05) is 12.3 Å². The van der Waals surface area contributed by atoms with Gasteiger partial charge < -0.3 is 0 Å². The minimum atomic E-state index is -3.47. The summed E-state index contributed by atoms with van der Waals surface area (Å²) >= 11 is 1.35. The number of aryl methyl sites for hydroxylation is 1. The van der Waals surface area contributed by atoms with E-state index in [2.05, 4.69) is 10.3 Å². The molecule has 1 amide bonds. The second-order valence-corrected chi connectivity index (χ2v) is 8.53. The van der Waals surface area contributed by atoms with Crippen molar-refractivity contribution in [3.05, 3.63) is 40.9 Å². The predicted molar refractivity (Wildman–Crippen MR) is 93.9 cm³/mol. The highest BCUT2D eigenvalue weighted by molar-refractivity contribution is 7.89. The van der Waals surface area contributed by atoms with Gasteiger partial charge in [0.05, 0.1) is 10.6 Å². The lowest BCUT2D eigenvalue weighted by molar-refractivity contribution is 0.102. The average Bonchev–Trinajstić information content (AvgIpc) is 3.00. The van der Waals surface area contributed by atoms with Crippen LogP contribution in [0.25, 0.3) is 0 Å². The van der Waals surface area contributed by atoms with Crippen LogP contribution in [0.2, 0.25) is 0 Å². The third kappa shape index (κ3) is 3.66. The van der Waals surface area contributed by atoms with Gasteiger partial charge in [0.1, 0.15) is 0 Å². The van der Waals surface area contributed by atoms with Gasteiger partial charge in [-0.15, -0.1) is 11.3 Å². The lowest BCUT2D eigenvalue weighted by Crippen LogP contribution is -2.35. The molecular weight excluding hydrogens is 346 g/mol. The van der Waals surface area contributed by atoms with E-state index in [1.165, 1.54) is 39.9 Å². The number of benzene rings is 1. The Morgan fingerprint density at radius 1 is 1.17 bits per heavy atom. The number of aromatic nitrogens is 1. The maximum absolute atomic E-state index is 12.6. The van der Waals surface area contributed by atoms with Crippen LogP contribution in [0.15, 0.2) is 34.5 Å². The van der Waals surface area contributed by atoms with Crippen molar-refractivity contribution in [2.45, 2.75) is 31.1 Å². The Morgan fingerprint density at radius 3 is 2.42 bits per heavy atom. The van der Waals surface area contributed by atoms with Gasteiger partial charge in [-0.05, 0) is 44.0 Å². The van der Waals surface area contributed by atoms with E-state index in [9.17, 15) is 13.2 Å². The van der Waals surface area contributed by atoms with Crippen LogP contribution < -0.4 is 5.32 Å². The van der Waals surface area contributed by atoms with Crippen molar-refractivity contribution < 1.29 is 13.2 Å². The number of nitrogens with one attached hydrogen (secondary N) is 1. The maximum atomic E-state index is 12.6. The Balaban J connectivity index is 1.73. The monoisotopic (exact) mass is 365 g/mol. The molecule has 1 aliphatic rings. The number of thiazole rings is 1. The molecule has 1 fully saturated rings. The minimum Gasteiger partial charge on any atom is -0.298 e. The molecule has 2 heterocycles. The summed E-state index contributed by atoms with van der Waals surface area (Å²) < 4.78 is 26.7. The predicted octanol–water partition coefficient (Wildman–Crippen LogP) is 2.88. The van der Waals surface area contributed by atoms with Crippen LogP contribution in [0.5, 0.6) is 0 Å². The molecule has 0 unspecified atom stereocenters. The summed E-state index contributed by atoms with van der Waals surface area (Å²) in [6.07, 6.45) is 2.86. The van der Waals surface area contributed by atoms with Crippen molar-refractivity contribution >= 4 is 32.4 Å². The van der Waals surface area contributed by atoms with Crippen molar-refractivity contribution in [1.82, 2.24) is 9.29 Å². The van der Waals surface area contributed by atoms with Crippen molar-refractivity contribution in [3.63, 3.8) is 0 Å². The number of piperidine rings is 1. The maximum Gasteiger partial charge on any atom is 0.257 e. The van der Waals surface area contributed by atoms with E-state index in [0.717, 1.165) is 25.0 Å². The van der Waals surface area contributed by atoms with Gasteiger partial charge in [0, 0.05) is 24.0 Å². The molecule has 0 bridgehead atoms. The highest BCUT2D eigenvalue weighted by Gasteiger charge is 2.25. The summed E-state index contributed by atoms with van der Waals surface area (Å²) in [6.45, 7) is 2.98. The second-order valence-electron chi connectivity index (χ2n) is 5.74. The standard InChI is InChI=1S/C16H19N3O3S2/c1-12-11-23-16(17-12)18-15(20)13-5-7-14(8-6-13)24(21,22)19-9-3-2-4-10-19/h5-8,11H,2-4,9-10H2,1H3,(H,17,18,20). The molecule has 1 saturated heterocycles. The van der Waals surface area contributed by atoms with Gasteiger partial charge in [-0.1, -0.05) is 6.42 Å². The Kier molecular flexibility index (Phi) is 4.98. The van der Waals surface area contributed by atoms with Crippen molar-refractivity contribution in [2.24, 2.45) is 0 Å². The molecule has 1 N–H and O–H groups in total. The van der Waals surface area contributed by atoms with Gasteiger partial charge in [0.2, 0.25) is 10.0 Å². The summed E-state index contributed by atoms with van der Waals surface area (Å²) in [7, 11) is -3.47. The van der Waals surface area contributed by atoms with Crippen LogP contribution in [0.4, 0.5) is 5.13 Å². The zero-order chi connectivity index (χ0) is 17.2. The van der Waals surface area contributed by atoms with E-state index >= 15 is 0 Å². The summed E-state index contributed by atoms with van der Waals surface area (Å²) in [5, 5.41) is 5.09. The van der Waals surface area contributed by atoms with Gasteiger partial charge in [-0.2, -0.15) is 4.31 Å². The zero-order valence-corrected chi connectivity index (χ0v) is 15.0. The summed E-state index contributed by atoms with van der Waals surface area (Å²) in [5.41, 5.74) is 1.25. The van der Waals surface area contributed by atoms with Crippen molar-refractivity contribution in [1.29, 1.82) is 0 Å². The van der Waals surface area contributed by atoms with Gasteiger partial charge in [0.25, 0.3) is 5.91 Å². The average molecular weight is 365 g/mol. The molecule has 0 atom stereocenters. The molecule has 1 aromatic heterocycles. The highest BCUT2D eigenvalue weighted by atomic mass is 32.2. The lowest BCUT2D eigenvalue weighted by Gasteiger charge is -2.25. The molecule has 2 aromatic rings. The molecule has 24 heavy (non-hydrogen) atoms. The van der Waals surface area contributed by atoms with Gasteiger partial charge >= 0.3 is 0 Å². The molecule has 0 saturated carbocycles. The Hall–Kier alpha value is -1.77. The minimum absolute atomic E-state index is 0.228. The van der Waals surface area contributed by atoms with Gasteiger partial charge in [-0.3, -0.25) is 10.1 Å². The molecule has 0 radical (unpaired) electrons. The van der Waals surface area contributed by atoms with E-state index in [-0.39, 0.29) is 10.8 Å². The fourth-order valence-corrected chi connectivity index (χ4v) is 4.81. The van der Waals surface area contributed by atoms with Gasteiger partial charge in [0.15, 0.2) is 5.13 Å². The summed E-state index contributed by atoms with van der Waals surface area (Å²) in [4.78, 5) is 16.6. The quantitative estimate of drug-likeness (QED) is 0.903. The SMILES string of the molecule is Cc1csc(NC(=O)c2ccc(S(=O)(=O)N3CCCCC3)cc2)n1. The number of amides is 1. The Labute approximate surface area is 145 Å². The number of rotatable bonds is 4. The van der Waals surface area contributed by atoms with Crippen LogP contribution in [-0.2, 0) is 10.0 Å². The Morgan fingerprint density at radius 2 is 1.83 bits per heavy atom. The first kappa shape index (κ1) is 17.1. The number of hydrogen-bond acceptors (Lipinski definition) is 5. The van der Waals surface area contributed by atoms with Crippen LogP contribution in [-0.4, -0.2) is 36.7 Å². The number of sulfonamides is 1.